The van der Waals surface area contributed by atoms with Crippen molar-refractivity contribution in [2.45, 2.75) is 19.6 Å². The van der Waals surface area contributed by atoms with Crippen molar-refractivity contribution in [2.75, 3.05) is 38.7 Å². The van der Waals surface area contributed by atoms with E-state index in [4.69, 9.17) is 4.74 Å². The highest BCUT2D eigenvalue weighted by Gasteiger charge is 2.26. The number of carbonyl (C=O) groups is 1. The van der Waals surface area contributed by atoms with Crippen LogP contribution in [-0.4, -0.2) is 59.4 Å². The number of carbonyl (C=O) groups excluding carboxylic acids is 1. The summed E-state index contributed by atoms with van der Waals surface area (Å²) in [4.78, 5) is 20.9. The smallest absolute Gasteiger partial charge is 0.244 e. The SMILES string of the molecule is Cc1cnn(CC(=O)N2CCO[C@H](c3cccc(N(C)C)n3)C2)c1. The molecule has 0 aliphatic carbocycles. The van der Waals surface area contributed by atoms with E-state index in [0.29, 0.717) is 19.7 Å². The van der Waals surface area contributed by atoms with Gasteiger partial charge in [-0.3, -0.25) is 9.48 Å². The Bertz CT molecular complexity index is 713. The van der Waals surface area contributed by atoms with Crippen LogP contribution >= 0.6 is 0 Å². The number of aryl methyl sites for hydroxylation is 1. The summed E-state index contributed by atoms with van der Waals surface area (Å²) in [6, 6.07) is 5.87. The molecule has 0 N–H and O–H groups in total. The Labute approximate surface area is 141 Å². The molecule has 3 rings (SSSR count). The molecule has 0 spiro atoms. The summed E-state index contributed by atoms with van der Waals surface area (Å²) in [6.45, 7) is 3.85. The Morgan fingerprint density at radius 1 is 1.42 bits per heavy atom. The van der Waals surface area contributed by atoms with E-state index in [9.17, 15) is 4.79 Å². The third-order valence-corrected chi connectivity index (χ3v) is 4.02. The average Bonchev–Trinajstić information content (AvgIpc) is 3.00. The van der Waals surface area contributed by atoms with Gasteiger partial charge in [0, 0.05) is 26.8 Å². The van der Waals surface area contributed by atoms with Crippen LogP contribution < -0.4 is 4.90 Å². The van der Waals surface area contributed by atoms with E-state index >= 15 is 0 Å². The molecule has 0 bridgehead atoms. The number of ether oxygens (including phenoxy) is 1. The van der Waals surface area contributed by atoms with Crippen molar-refractivity contribution in [2.24, 2.45) is 0 Å². The average molecular weight is 329 g/mol. The van der Waals surface area contributed by atoms with Crippen LogP contribution in [0, 0.1) is 6.92 Å². The van der Waals surface area contributed by atoms with E-state index in [0.717, 1.165) is 17.1 Å². The molecule has 3 heterocycles. The number of pyridine rings is 1. The predicted molar refractivity (Wildman–Crippen MR) is 90.8 cm³/mol. The third kappa shape index (κ3) is 3.73. The lowest BCUT2D eigenvalue weighted by Gasteiger charge is -2.33. The second-order valence-corrected chi connectivity index (χ2v) is 6.23. The molecule has 24 heavy (non-hydrogen) atoms. The van der Waals surface area contributed by atoms with E-state index in [-0.39, 0.29) is 18.6 Å². The molecule has 128 valence electrons. The number of hydrogen-bond acceptors (Lipinski definition) is 5. The molecule has 1 atom stereocenters. The fraction of sp³-hybridized carbons (Fsp3) is 0.471. The minimum atomic E-state index is -0.193. The van der Waals surface area contributed by atoms with Crippen LogP contribution in [0.25, 0.3) is 0 Å². The van der Waals surface area contributed by atoms with Gasteiger partial charge in [0.1, 0.15) is 18.5 Å². The molecule has 1 fully saturated rings. The van der Waals surface area contributed by atoms with Crippen LogP contribution in [0.2, 0.25) is 0 Å². The van der Waals surface area contributed by atoms with Crippen molar-refractivity contribution in [3.8, 4) is 0 Å². The zero-order valence-electron chi connectivity index (χ0n) is 14.3. The van der Waals surface area contributed by atoms with Gasteiger partial charge in [-0.05, 0) is 24.6 Å². The summed E-state index contributed by atoms with van der Waals surface area (Å²) in [6.07, 6.45) is 3.44. The van der Waals surface area contributed by atoms with Crippen LogP contribution in [0.3, 0.4) is 0 Å². The standard InChI is InChI=1S/C17H23N5O2/c1-13-9-18-22(10-13)12-17(23)21-7-8-24-15(11-21)14-5-4-6-16(19-14)20(2)3/h4-6,9-10,15H,7-8,11-12H2,1-3H3/t15-/m0/s1. The summed E-state index contributed by atoms with van der Waals surface area (Å²) >= 11 is 0. The zero-order valence-corrected chi connectivity index (χ0v) is 14.3. The summed E-state index contributed by atoms with van der Waals surface area (Å²) in [5, 5.41) is 4.18. The number of aromatic nitrogens is 3. The topological polar surface area (TPSA) is 63.5 Å². The molecule has 2 aromatic heterocycles. The minimum Gasteiger partial charge on any atom is -0.368 e. The molecule has 7 nitrogen and oxygen atoms in total. The first-order chi connectivity index (χ1) is 11.5. The van der Waals surface area contributed by atoms with Crippen molar-refractivity contribution in [1.82, 2.24) is 19.7 Å². The molecule has 0 radical (unpaired) electrons. The lowest BCUT2D eigenvalue weighted by Crippen LogP contribution is -2.44. The highest BCUT2D eigenvalue weighted by molar-refractivity contribution is 5.76. The fourth-order valence-corrected chi connectivity index (χ4v) is 2.71. The summed E-state index contributed by atoms with van der Waals surface area (Å²) in [5.41, 5.74) is 1.90. The normalized spacial score (nSPS) is 17.8. The van der Waals surface area contributed by atoms with E-state index in [2.05, 4.69) is 10.1 Å². The minimum absolute atomic E-state index is 0.0511. The van der Waals surface area contributed by atoms with Gasteiger partial charge in [0.2, 0.25) is 5.91 Å². The Balaban J connectivity index is 1.67. The van der Waals surface area contributed by atoms with Crippen molar-refractivity contribution in [3.63, 3.8) is 0 Å². The third-order valence-electron chi connectivity index (χ3n) is 4.02. The first-order valence-electron chi connectivity index (χ1n) is 8.05. The molecule has 0 unspecified atom stereocenters. The van der Waals surface area contributed by atoms with E-state index in [1.54, 1.807) is 10.9 Å². The van der Waals surface area contributed by atoms with E-state index in [1.165, 1.54) is 0 Å². The van der Waals surface area contributed by atoms with Gasteiger partial charge in [0.05, 0.1) is 25.0 Å². The molecule has 7 heteroatoms. The lowest BCUT2D eigenvalue weighted by molar-refractivity contribution is -0.140. The summed E-state index contributed by atoms with van der Waals surface area (Å²) in [7, 11) is 3.91. The van der Waals surface area contributed by atoms with Crippen molar-refractivity contribution < 1.29 is 9.53 Å². The second-order valence-electron chi connectivity index (χ2n) is 6.23. The Kier molecular flexibility index (Phi) is 4.80. The van der Waals surface area contributed by atoms with Crippen LogP contribution in [0.5, 0.6) is 0 Å². The van der Waals surface area contributed by atoms with Gasteiger partial charge in [-0.15, -0.1) is 0 Å². The van der Waals surface area contributed by atoms with Gasteiger partial charge in [-0.25, -0.2) is 4.98 Å². The Hall–Kier alpha value is -2.41. The summed E-state index contributed by atoms with van der Waals surface area (Å²) < 4.78 is 7.51. The van der Waals surface area contributed by atoms with E-state index < -0.39 is 0 Å². The maximum atomic E-state index is 12.5. The van der Waals surface area contributed by atoms with Gasteiger partial charge in [-0.1, -0.05) is 6.07 Å². The summed E-state index contributed by atoms with van der Waals surface area (Å²) in [5.74, 6) is 0.932. The highest BCUT2D eigenvalue weighted by atomic mass is 16.5. The van der Waals surface area contributed by atoms with Crippen molar-refractivity contribution >= 4 is 11.7 Å². The molecule has 1 aliphatic heterocycles. The first kappa shape index (κ1) is 16.4. The molecular formula is C17H23N5O2. The fourth-order valence-electron chi connectivity index (χ4n) is 2.71. The highest BCUT2D eigenvalue weighted by Crippen LogP contribution is 2.22. The molecule has 1 saturated heterocycles. The van der Waals surface area contributed by atoms with Gasteiger partial charge >= 0.3 is 0 Å². The maximum absolute atomic E-state index is 12.5. The number of nitrogens with zero attached hydrogens (tertiary/aromatic N) is 5. The monoisotopic (exact) mass is 329 g/mol. The quantitative estimate of drug-likeness (QED) is 0.845. The van der Waals surface area contributed by atoms with Gasteiger partial charge in [0.15, 0.2) is 0 Å². The molecule has 0 saturated carbocycles. The van der Waals surface area contributed by atoms with Crippen LogP contribution in [-0.2, 0) is 16.1 Å². The number of rotatable bonds is 4. The predicted octanol–water partition coefficient (Wildman–Crippen LogP) is 1.25. The maximum Gasteiger partial charge on any atom is 0.244 e. The Morgan fingerprint density at radius 3 is 2.96 bits per heavy atom. The first-order valence-corrected chi connectivity index (χ1v) is 8.05. The van der Waals surface area contributed by atoms with Crippen LogP contribution in [0.1, 0.15) is 17.4 Å². The second kappa shape index (κ2) is 7.00. The lowest BCUT2D eigenvalue weighted by atomic mass is 10.2. The number of hydrogen-bond donors (Lipinski definition) is 0. The van der Waals surface area contributed by atoms with E-state index in [1.807, 2.05) is 55.2 Å². The molecule has 2 aromatic rings. The van der Waals surface area contributed by atoms with Crippen LogP contribution in [0.4, 0.5) is 5.82 Å². The molecule has 1 amide bonds. The van der Waals surface area contributed by atoms with Crippen LogP contribution in [0.15, 0.2) is 30.6 Å². The Morgan fingerprint density at radius 2 is 2.25 bits per heavy atom. The number of amides is 1. The molecule has 0 aromatic carbocycles. The zero-order chi connectivity index (χ0) is 17.1. The number of anilines is 1. The van der Waals surface area contributed by atoms with Crippen molar-refractivity contribution in [1.29, 1.82) is 0 Å². The largest absolute Gasteiger partial charge is 0.368 e. The van der Waals surface area contributed by atoms with Gasteiger partial charge in [-0.2, -0.15) is 5.10 Å². The molecular weight excluding hydrogens is 306 g/mol. The number of morpholine rings is 1. The van der Waals surface area contributed by atoms with Gasteiger partial charge in [0.25, 0.3) is 0 Å². The van der Waals surface area contributed by atoms with Gasteiger partial charge < -0.3 is 14.5 Å². The molecule has 1 aliphatic rings. The van der Waals surface area contributed by atoms with Crippen molar-refractivity contribution in [3.05, 3.63) is 41.9 Å².